The maximum Gasteiger partial charge on any atom is 0.172 e. The third kappa shape index (κ3) is 1.09. The quantitative estimate of drug-likeness (QED) is 0.637. The van der Waals surface area contributed by atoms with Gasteiger partial charge in [0.1, 0.15) is 0 Å². The van der Waals surface area contributed by atoms with Gasteiger partial charge >= 0.3 is 0 Å². The number of rotatable bonds is 0. The lowest BCUT2D eigenvalue weighted by molar-refractivity contribution is -0.163. The van der Waals surface area contributed by atoms with E-state index in [1.807, 2.05) is 6.20 Å². The summed E-state index contributed by atoms with van der Waals surface area (Å²) < 4.78 is 11.3. The van der Waals surface area contributed by atoms with Crippen LogP contribution in [-0.4, -0.2) is 29.2 Å². The van der Waals surface area contributed by atoms with Crippen LogP contribution in [0.4, 0.5) is 0 Å². The van der Waals surface area contributed by atoms with Crippen LogP contribution < -0.4 is 0 Å². The highest BCUT2D eigenvalue weighted by Gasteiger charge is 2.40. The Morgan fingerprint density at radius 1 is 1.38 bits per heavy atom. The minimum atomic E-state index is -0.323. The minimum Gasteiger partial charge on any atom is -0.347 e. The number of hydrogen-bond acceptors (Lipinski definition) is 3. The molecule has 3 rings (SSSR count). The highest BCUT2D eigenvalue weighted by Crippen LogP contribution is 2.34. The number of nitrogens with zero attached hydrogens (tertiary/aromatic N) is 1. The van der Waals surface area contributed by atoms with Gasteiger partial charge in [0, 0.05) is 19.0 Å². The number of nitrogens with one attached hydrogen (secondary N) is 1. The first kappa shape index (κ1) is 7.53. The SMILES string of the molecule is c1[nH]nc2c1CC1(CC2)OCCO1. The first-order valence-corrected chi connectivity index (χ1v) is 4.67. The standard InChI is InChI=1S/C9H12N2O2/c1-2-9(12-3-4-13-9)5-7-6-10-11-8(1)7/h6H,1-5H2,(H,10,11). The smallest absolute Gasteiger partial charge is 0.172 e. The first-order chi connectivity index (χ1) is 6.38. The molecule has 0 saturated carbocycles. The van der Waals surface area contributed by atoms with E-state index < -0.39 is 0 Å². The maximum atomic E-state index is 5.64. The van der Waals surface area contributed by atoms with Crippen molar-refractivity contribution in [1.82, 2.24) is 10.2 Å². The Balaban J connectivity index is 1.91. The first-order valence-electron chi connectivity index (χ1n) is 4.67. The van der Waals surface area contributed by atoms with E-state index in [9.17, 15) is 0 Å². The van der Waals surface area contributed by atoms with Gasteiger partial charge < -0.3 is 9.47 Å². The second-order valence-corrected chi connectivity index (χ2v) is 3.64. The molecule has 0 bridgehead atoms. The van der Waals surface area contributed by atoms with Crippen molar-refractivity contribution in [2.24, 2.45) is 0 Å². The Bertz CT molecular complexity index is 315. The van der Waals surface area contributed by atoms with Crippen molar-refractivity contribution < 1.29 is 9.47 Å². The molecule has 1 aliphatic heterocycles. The van der Waals surface area contributed by atoms with Gasteiger partial charge in [-0.05, 0) is 12.0 Å². The number of hydrogen-bond donors (Lipinski definition) is 1. The van der Waals surface area contributed by atoms with E-state index in [4.69, 9.17) is 9.47 Å². The van der Waals surface area contributed by atoms with Gasteiger partial charge in [0.05, 0.1) is 18.9 Å². The Kier molecular flexibility index (Phi) is 1.48. The zero-order valence-electron chi connectivity index (χ0n) is 7.38. The molecule has 0 amide bonds. The molecule has 1 saturated heterocycles. The van der Waals surface area contributed by atoms with Crippen molar-refractivity contribution in [2.45, 2.75) is 25.0 Å². The Labute approximate surface area is 76.2 Å². The van der Waals surface area contributed by atoms with Gasteiger partial charge in [-0.2, -0.15) is 5.10 Å². The molecule has 2 heterocycles. The van der Waals surface area contributed by atoms with Crippen LogP contribution in [0, 0.1) is 0 Å². The van der Waals surface area contributed by atoms with E-state index >= 15 is 0 Å². The second kappa shape index (κ2) is 2.56. The van der Waals surface area contributed by atoms with Crippen LogP contribution in [0.3, 0.4) is 0 Å². The molecule has 4 heteroatoms. The zero-order valence-corrected chi connectivity index (χ0v) is 7.38. The average Bonchev–Trinajstić information content (AvgIpc) is 2.74. The molecule has 0 unspecified atom stereocenters. The zero-order chi connectivity index (χ0) is 8.73. The topological polar surface area (TPSA) is 47.1 Å². The lowest BCUT2D eigenvalue weighted by Gasteiger charge is -2.30. The summed E-state index contributed by atoms with van der Waals surface area (Å²) in [6.07, 6.45) is 4.68. The van der Waals surface area contributed by atoms with Crippen LogP contribution in [0.25, 0.3) is 0 Å². The lowest BCUT2D eigenvalue weighted by Crippen LogP contribution is -2.36. The maximum absolute atomic E-state index is 5.64. The average molecular weight is 180 g/mol. The Morgan fingerprint density at radius 2 is 2.23 bits per heavy atom. The van der Waals surface area contributed by atoms with Crippen molar-refractivity contribution in [2.75, 3.05) is 13.2 Å². The van der Waals surface area contributed by atoms with Crippen LogP contribution in [0.2, 0.25) is 0 Å². The van der Waals surface area contributed by atoms with Crippen LogP contribution >= 0.6 is 0 Å². The molecule has 1 aliphatic carbocycles. The predicted molar refractivity (Wildman–Crippen MR) is 45.2 cm³/mol. The van der Waals surface area contributed by atoms with Crippen molar-refractivity contribution >= 4 is 0 Å². The summed E-state index contributed by atoms with van der Waals surface area (Å²) in [5.74, 6) is -0.323. The van der Waals surface area contributed by atoms with Gasteiger partial charge in [0.15, 0.2) is 5.79 Å². The molecule has 1 N–H and O–H groups in total. The van der Waals surface area contributed by atoms with Crippen molar-refractivity contribution in [1.29, 1.82) is 0 Å². The molecule has 4 nitrogen and oxygen atoms in total. The van der Waals surface area contributed by atoms with Crippen LogP contribution in [0.15, 0.2) is 6.20 Å². The van der Waals surface area contributed by atoms with E-state index in [0.717, 1.165) is 32.5 Å². The number of fused-ring (bicyclic) bond motifs is 1. The largest absolute Gasteiger partial charge is 0.347 e. The highest BCUT2D eigenvalue weighted by atomic mass is 16.7. The molecule has 1 aromatic heterocycles. The van der Waals surface area contributed by atoms with Gasteiger partial charge in [-0.15, -0.1) is 0 Å². The number of H-pyrrole nitrogens is 1. The minimum absolute atomic E-state index is 0.323. The Hall–Kier alpha value is -0.870. The number of aromatic amines is 1. The highest BCUT2D eigenvalue weighted by molar-refractivity contribution is 5.22. The van der Waals surface area contributed by atoms with Crippen molar-refractivity contribution in [3.63, 3.8) is 0 Å². The molecule has 1 fully saturated rings. The van der Waals surface area contributed by atoms with Gasteiger partial charge in [-0.1, -0.05) is 0 Å². The van der Waals surface area contributed by atoms with Crippen molar-refractivity contribution in [3.8, 4) is 0 Å². The van der Waals surface area contributed by atoms with Crippen LogP contribution in [0.1, 0.15) is 17.7 Å². The van der Waals surface area contributed by atoms with Crippen LogP contribution in [-0.2, 0) is 22.3 Å². The summed E-state index contributed by atoms with van der Waals surface area (Å²) in [5, 5.41) is 7.06. The molecular weight excluding hydrogens is 168 g/mol. The summed E-state index contributed by atoms with van der Waals surface area (Å²) in [6.45, 7) is 1.46. The lowest BCUT2D eigenvalue weighted by atomic mass is 9.92. The van der Waals surface area contributed by atoms with Gasteiger partial charge in [-0.3, -0.25) is 5.10 Å². The third-order valence-corrected chi connectivity index (χ3v) is 2.83. The van der Waals surface area contributed by atoms with Gasteiger partial charge in [0.25, 0.3) is 0 Å². The summed E-state index contributed by atoms with van der Waals surface area (Å²) >= 11 is 0. The summed E-state index contributed by atoms with van der Waals surface area (Å²) in [6, 6.07) is 0. The van der Waals surface area contributed by atoms with E-state index in [1.54, 1.807) is 0 Å². The molecule has 0 atom stereocenters. The molecular formula is C9H12N2O2. The molecule has 0 radical (unpaired) electrons. The van der Waals surface area contributed by atoms with E-state index in [1.165, 1.54) is 11.3 Å². The molecule has 0 aromatic carbocycles. The summed E-state index contributed by atoms with van der Waals surface area (Å²) in [4.78, 5) is 0. The molecule has 1 aromatic rings. The fourth-order valence-corrected chi connectivity index (χ4v) is 2.14. The van der Waals surface area contributed by atoms with E-state index in [-0.39, 0.29) is 5.79 Å². The van der Waals surface area contributed by atoms with Gasteiger partial charge in [0.2, 0.25) is 0 Å². The molecule has 13 heavy (non-hydrogen) atoms. The molecule has 70 valence electrons. The predicted octanol–water partition coefficient (Wildman–Crippen LogP) is 0.641. The second-order valence-electron chi connectivity index (χ2n) is 3.64. The van der Waals surface area contributed by atoms with E-state index in [0.29, 0.717) is 0 Å². The fourth-order valence-electron chi connectivity index (χ4n) is 2.14. The van der Waals surface area contributed by atoms with Crippen LogP contribution in [0.5, 0.6) is 0 Å². The number of aromatic nitrogens is 2. The molecule has 2 aliphatic rings. The number of ether oxygens (including phenoxy) is 2. The Morgan fingerprint density at radius 3 is 3.08 bits per heavy atom. The monoisotopic (exact) mass is 180 g/mol. The fraction of sp³-hybridized carbons (Fsp3) is 0.667. The van der Waals surface area contributed by atoms with E-state index in [2.05, 4.69) is 10.2 Å². The van der Waals surface area contributed by atoms with Gasteiger partial charge in [-0.25, -0.2) is 0 Å². The summed E-state index contributed by atoms with van der Waals surface area (Å²) in [5.41, 5.74) is 2.41. The normalized spacial score (nSPS) is 24.9. The molecule has 1 spiro atoms. The third-order valence-electron chi connectivity index (χ3n) is 2.83. The summed E-state index contributed by atoms with van der Waals surface area (Å²) in [7, 11) is 0. The van der Waals surface area contributed by atoms with Crippen molar-refractivity contribution in [3.05, 3.63) is 17.5 Å². The number of aryl methyl sites for hydroxylation is 1.